The standard InChI is InChI=1S/C24H26ClN5O3/c1-17(2)30(24(32)21-8-5-15-33-21)16-23(31)29-13-11-28(12-14-29)22-10-9-20(26-27-22)18-6-3-4-7-19(18)25/h3-10,15,17H,11-14,16H2,1-2H3. The Morgan fingerprint density at radius 2 is 1.79 bits per heavy atom. The van der Waals surface area contributed by atoms with E-state index in [9.17, 15) is 9.59 Å². The zero-order valence-electron chi connectivity index (χ0n) is 18.6. The fraction of sp³-hybridized carbons (Fsp3) is 0.333. The maximum Gasteiger partial charge on any atom is 0.290 e. The summed E-state index contributed by atoms with van der Waals surface area (Å²) in [5, 5.41) is 9.33. The molecule has 1 aliphatic heterocycles. The predicted molar refractivity (Wildman–Crippen MR) is 126 cm³/mol. The minimum Gasteiger partial charge on any atom is -0.459 e. The lowest BCUT2D eigenvalue weighted by molar-refractivity contribution is -0.132. The van der Waals surface area contributed by atoms with Gasteiger partial charge < -0.3 is 19.1 Å². The number of halogens is 1. The third kappa shape index (κ3) is 5.17. The number of piperazine rings is 1. The maximum atomic E-state index is 12.9. The van der Waals surface area contributed by atoms with E-state index in [0.717, 1.165) is 11.4 Å². The van der Waals surface area contributed by atoms with Crippen LogP contribution in [0, 0.1) is 0 Å². The molecule has 0 aliphatic carbocycles. The molecule has 172 valence electrons. The van der Waals surface area contributed by atoms with E-state index in [-0.39, 0.29) is 30.2 Å². The average molecular weight is 468 g/mol. The molecule has 9 heteroatoms. The topological polar surface area (TPSA) is 82.8 Å². The van der Waals surface area contributed by atoms with Gasteiger partial charge in [0.1, 0.15) is 6.54 Å². The van der Waals surface area contributed by atoms with Gasteiger partial charge in [-0.05, 0) is 44.2 Å². The molecule has 33 heavy (non-hydrogen) atoms. The van der Waals surface area contributed by atoms with Gasteiger partial charge in [-0.15, -0.1) is 10.2 Å². The second-order valence-corrected chi connectivity index (χ2v) is 8.54. The van der Waals surface area contributed by atoms with Crippen molar-refractivity contribution in [2.45, 2.75) is 19.9 Å². The molecule has 0 radical (unpaired) electrons. The molecule has 8 nitrogen and oxygen atoms in total. The maximum absolute atomic E-state index is 12.9. The van der Waals surface area contributed by atoms with E-state index in [2.05, 4.69) is 15.1 Å². The van der Waals surface area contributed by atoms with E-state index in [4.69, 9.17) is 16.0 Å². The molecular weight excluding hydrogens is 442 g/mol. The van der Waals surface area contributed by atoms with E-state index in [0.29, 0.717) is 36.9 Å². The first-order chi connectivity index (χ1) is 15.9. The average Bonchev–Trinajstić information content (AvgIpc) is 3.37. The molecule has 1 fully saturated rings. The highest BCUT2D eigenvalue weighted by Gasteiger charge is 2.28. The largest absolute Gasteiger partial charge is 0.459 e. The molecule has 3 heterocycles. The minimum absolute atomic E-state index is 0.0174. The fourth-order valence-electron chi connectivity index (χ4n) is 3.77. The number of aromatic nitrogens is 2. The van der Waals surface area contributed by atoms with E-state index in [1.54, 1.807) is 17.0 Å². The lowest BCUT2D eigenvalue weighted by Crippen LogP contribution is -2.53. The Kier molecular flexibility index (Phi) is 6.93. The molecule has 0 N–H and O–H groups in total. The van der Waals surface area contributed by atoms with Crippen molar-refractivity contribution in [3.63, 3.8) is 0 Å². The SMILES string of the molecule is CC(C)N(CC(=O)N1CCN(c2ccc(-c3ccccc3Cl)nn2)CC1)C(=O)c1ccco1. The molecule has 3 aromatic rings. The quantitative estimate of drug-likeness (QED) is 0.551. The van der Waals surface area contributed by atoms with Crippen LogP contribution < -0.4 is 4.90 Å². The van der Waals surface area contributed by atoms with Crippen LogP contribution in [0.25, 0.3) is 11.3 Å². The summed E-state index contributed by atoms with van der Waals surface area (Å²) in [6.45, 7) is 6.16. The molecule has 0 bridgehead atoms. The summed E-state index contributed by atoms with van der Waals surface area (Å²) in [4.78, 5) is 31.0. The second-order valence-electron chi connectivity index (χ2n) is 8.13. The van der Waals surface area contributed by atoms with Gasteiger partial charge in [0.2, 0.25) is 5.91 Å². The van der Waals surface area contributed by atoms with Crippen LogP contribution in [0.3, 0.4) is 0 Å². The number of furan rings is 1. The molecule has 0 unspecified atom stereocenters. The fourth-order valence-corrected chi connectivity index (χ4v) is 4.00. The minimum atomic E-state index is -0.282. The van der Waals surface area contributed by atoms with Crippen LogP contribution in [0.2, 0.25) is 5.02 Å². The second kappa shape index (κ2) is 10.0. The number of benzene rings is 1. The van der Waals surface area contributed by atoms with Gasteiger partial charge in [0.15, 0.2) is 11.6 Å². The molecule has 2 amide bonds. The lowest BCUT2D eigenvalue weighted by atomic mass is 10.1. The summed E-state index contributed by atoms with van der Waals surface area (Å²) in [7, 11) is 0. The summed E-state index contributed by atoms with van der Waals surface area (Å²) >= 11 is 6.25. The molecule has 0 atom stereocenters. The van der Waals surface area contributed by atoms with Gasteiger partial charge in [-0.3, -0.25) is 9.59 Å². The van der Waals surface area contributed by atoms with Gasteiger partial charge >= 0.3 is 0 Å². The van der Waals surface area contributed by atoms with Crippen LogP contribution in [-0.4, -0.2) is 70.6 Å². The Hall–Kier alpha value is -3.39. The molecule has 4 rings (SSSR count). The predicted octanol–water partition coefficient (Wildman–Crippen LogP) is 3.59. The van der Waals surface area contributed by atoms with Gasteiger partial charge in [-0.25, -0.2) is 0 Å². The van der Waals surface area contributed by atoms with E-state index < -0.39 is 0 Å². The molecular formula is C24H26ClN5O3. The molecule has 1 saturated heterocycles. The van der Waals surface area contributed by atoms with Gasteiger partial charge in [0, 0.05) is 37.8 Å². The third-order valence-electron chi connectivity index (χ3n) is 5.68. The molecule has 2 aromatic heterocycles. The van der Waals surface area contributed by atoms with Crippen LogP contribution in [0.4, 0.5) is 5.82 Å². The van der Waals surface area contributed by atoms with Crippen molar-refractivity contribution >= 4 is 29.2 Å². The lowest BCUT2D eigenvalue weighted by Gasteiger charge is -2.36. The number of nitrogens with zero attached hydrogens (tertiary/aromatic N) is 5. The van der Waals surface area contributed by atoms with E-state index in [1.807, 2.05) is 50.2 Å². The van der Waals surface area contributed by atoms with E-state index in [1.165, 1.54) is 11.2 Å². The zero-order valence-corrected chi connectivity index (χ0v) is 19.4. The summed E-state index contributed by atoms with van der Waals surface area (Å²) in [6.07, 6.45) is 1.46. The molecule has 1 aliphatic rings. The first-order valence-corrected chi connectivity index (χ1v) is 11.3. The number of hydrogen-bond acceptors (Lipinski definition) is 6. The van der Waals surface area contributed by atoms with Crippen molar-refractivity contribution in [1.82, 2.24) is 20.0 Å². The van der Waals surface area contributed by atoms with Gasteiger partial charge in [-0.1, -0.05) is 29.8 Å². The highest BCUT2D eigenvalue weighted by molar-refractivity contribution is 6.33. The Balaban J connectivity index is 1.35. The molecule has 1 aromatic carbocycles. The van der Waals surface area contributed by atoms with E-state index >= 15 is 0 Å². The summed E-state index contributed by atoms with van der Waals surface area (Å²) in [5.41, 5.74) is 1.56. The number of carbonyl (C=O) groups is 2. The van der Waals surface area contributed by atoms with Gasteiger partial charge in [0.25, 0.3) is 5.91 Å². The molecule has 0 saturated carbocycles. The van der Waals surface area contributed by atoms with Crippen LogP contribution in [0.15, 0.2) is 59.2 Å². The highest BCUT2D eigenvalue weighted by atomic mass is 35.5. The Morgan fingerprint density at radius 3 is 2.39 bits per heavy atom. The van der Waals surface area contributed by atoms with Crippen molar-refractivity contribution in [2.24, 2.45) is 0 Å². The third-order valence-corrected chi connectivity index (χ3v) is 6.01. The van der Waals surface area contributed by atoms with Crippen LogP contribution in [0.1, 0.15) is 24.4 Å². The monoisotopic (exact) mass is 467 g/mol. The normalized spacial score (nSPS) is 13.9. The summed E-state index contributed by atoms with van der Waals surface area (Å²) in [5.74, 6) is 0.633. The van der Waals surface area contributed by atoms with Crippen LogP contribution in [0.5, 0.6) is 0 Å². The highest BCUT2D eigenvalue weighted by Crippen LogP contribution is 2.26. The zero-order chi connectivity index (χ0) is 23.4. The Labute approximate surface area is 197 Å². The van der Waals surface area contributed by atoms with Crippen LogP contribution >= 0.6 is 11.6 Å². The number of rotatable bonds is 6. The van der Waals surface area contributed by atoms with Crippen molar-refractivity contribution in [1.29, 1.82) is 0 Å². The Morgan fingerprint density at radius 1 is 1.03 bits per heavy atom. The Bertz CT molecular complexity index is 1090. The number of carbonyl (C=O) groups excluding carboxylic acids is 2. The van der Waals surface area contributed by atoms with Crippen molar-refractivity contribution in [3.8, 4) is 11.3 Å². The summed E-state index contributed by atoms with van der Waals surface area (Å²) < 4.78 is 5.22. The molecule has 0 spiro atoms. The van der Waals surface area contributed by atoms with Crippen molar-refractivity contribution in [3.05, 3.63) is 65.6 Å². The van der Waals surface area contributed by atoms with Gasteiger partial charge in [-0.2, -0.15) is 0 Å². The summed E-state index contributed by atoms with van der Waals surface area (Å²) in [6, 6.07) is 14.5. The number of anilines is 1. The number of hydrogen-bond donors (Lipinski definition) is 0. The first-order valence-electron chi connectivity index (χ1n) is 10.9. The van der Waals surface area contributed by atoms with Crippen LogP contribution in [-0.2, 0) is 4.79 Å². The van der Waals surface area contributed by atoms with Gasteiger partial charge in [0.05, 0.1) is 17.0 Å². The number of amides is 2. The first kappa shape index (κ1) is 22.8. The van der Waals surface area contributed by atoms with Crippen molar-refractivity contribution in [2.75, 3.05) is 37.6 Å². The van der Waals surface area contributed by atoms with Crippen molar-refractivity contribution < 1.29 is 14.0 Å². The smallest absolute Gasteiger partial charge is 0.290 e.